The Morgan fingerprint density at radius 2 is 2.00 bits per heavy atom. The fourth-order valence-electron chi connectivity index (χ4n) is 1.92. The predicted molar refractivity (Wildman–Crippen MR) is 59.4 cm³/mol. The lowest BCUT2D eigenvalue weighted by atomic mass is 10.0. The molecule has 8 heteroatoms. The summed E-state index contributed by atoms with van der Waals surface area (Å²) in [5.74, 6) is -0.853. The van der Waals surface area contributed by atoms with Crippen LogP contribution in [0, 0.1) is 5.92 Å². The average molecular weight is 287 g/mol. The van der Waals surface area contributed by atoms with Crippen molar-refractivity contribution in [3.8, 4) is 0 Å². The van der Waals surface area contributed by atoms with E-state index < -0.39 is 34.8 Å². The number of halogens is 3. The van der Waals surface area contributed by atoms with Crippen molar-refractivity contribution >= 4 is 16.3 Å². The van der Waals surface area contributed by atoms with Crippen molar-refractivity contribution in [2.75, 3.05) is 18.8 Å². The number of rotatable bonds is 5. The Labute approximate surface area is 104 Å². The molecule has 1 rings (SSSR count). The average Bonchev–Trinajstić information content (AvgIpc) is 2.27. The maximum absolute atomic E-state index is 11.9. The molecule has 1 heterocycles. The van der Waals surface area contributed by atoms with Crippen molar-refractivity contribution < 1.29 is 26.4 Å². The summed E-state index contributed by atoms with van der Waals surface area (Å²) in [5.41, 5.74) is 0. The quantitative estimate of drug-likeness (QED) is 0.721. The molecule has 0 aromatic carbocycles. The smallest absolute Gasteiger partial charge is 0.303 e. The number of carbonyl (C=O) groups is 1. The second-order valence-corrected chi connectivity index (χ2v) is 6.52. The van der Waals surface area contributed by atoms with Crippen LogP contribution in [0.5, 0.6) is 0 Å². The Bertz CT molecular complexity index is 380. The summed E-state index contributed by atoms with van der Waals surface area (Å²) in [4.78, 5) is 10.6. The van der Waals surface area contributed by atoms with Gasteiger partial charge in [0.05, 0.1) is 5.75 Å². The molecular formula is C10H16F3NO3S. The first-order valence-corrected chi connectivity index (χ1v) is 7.35. The number of piperidine rings is 1. The molecule has 0 aromatic rings. The predicted octanol–water partition coefficient (Wildman–Crippen LogP) is 1.57. The van der Waals surface area contributed by atoms with Crippen molar-refractivity contribution in [3.05, 3.63) is 0 Å². The Morgan fingerprint density at radius 3 is 2.56 bits per heavy atom. The Morgan fingerprint density at radius 1 is 1.33 bits per heavy atom. The summed E-state index contributed by atoms with van der Waals surface area (Å²) in [6, 6.07) is 0. The van der Waals surface area contributed by atoms with E-state index in [1.165, 1.54) is 0 Å². The van der Waals surface area contributed by atoms with Crippen molar-refractivity contribution in [2.24, 2.45) is 5.92 Å². The largest absolute Gasteiger partial charge is 0.389 e. The molecule has 18 heavy (non-hydrogen) atoms. The van der Waals surface area contributed by atoms with E-state index >= 15 is 0 Å². The Balaban J connectivity index is 2.50. The van der Waals surface area contributed by atoms with Gasteiger partial charge in [-0.25, -0.2) is 12.7 Å². The van der Waals surface area contributed by atoms with Gasteiger partial charge in [0.25, 0.3) is 0 Å². The molecule has 1 atom stereocenters. The van der Waals surface area contributed by atoms with Crippen molar-refractivity contribution in [3.63, 3.8) is 0 Å². The molecule has 1 aliphatic rings. The lowest BCUT2D eigenvalue weighted by Gasteiger charge is -2.29. The lowest BCUT2D eigenvalue weighted by molar-refractivity contribution is -0.134. The third-order valence-corrected chi connectivity index (χ3v) is 4.79. The van der Waals surface area contributed by atoms with Gasteiger partial charge in [-0.05, 0) is 19.3 Å². The number of nitrogens with zero attached hydrogens (tertiary/aromatic N) is 1. The molecule has 0 radical (unpaired) electrons. The monoisotopic (exact) mass is 287 g/mol. The van der Waals surface area contributed by atoms with Crippen LogP contribution in [0.2, 0.25) is 0 Å². The maximum Gasteiger partial charge on any atom is 0.389 e. The van der Waals surface area contributed by atoms with Gasteiger partial charge in [0, 0.05) is 25.4 Å². The minimum Gasteiger partial charge on any atom is -0.303 e. The van der Waals surface area contributed by atoms with Crippen LogP contribution >= 0.6 is 0 Å². The van der Waals surface area contributed by atoms with Gasteiger partial charge in [0.2, 0.25) is 10.0 Å². The van der Waals surface area contributed by atoms with Crippen LogP contribution in [0.25, 0.3) is 0 Å². The second-order valence-electron chi connectivity index (χ2n) is 4.43. The van der Waals surface area contributed by atoms with Gasteiger partial charge in [-0.2, -0.15) is 13.2 Å². The van der Waals surface area contributed by atoms with Crippen LogP contribution in [0.4, 0.5) is 13.2 Å². The standard InChI is InChI=1S/C10H16F3NO3S/c11-10(12,13)4-2-6-18(16,17)14-5-1-3-9(7-14)8-15/h8-9H,1-7H2. The SMILES string of the molecule is O=CC1CCCN(S(=O)(=O)CCCC(F)(F)F)C1. The van der Waals surface area contributed by atoms with E-state index in [1.807, 2.05) is 0 Å². The highest BCUT2D eigenvalue weighted by atomic mass is 32.2. The second kappa shape index (κ2) is 6.01. The molecule has 1 aliphatic heterocycles. The fraction of sp³-hybridized carbons (Fsp3) is 0.900. The minimum absolute atomic E-state index is 0.0951. The minimum atomic E-state index is -4.33. The zero-order valence-corrected chi connectivity index (χ0v) is 10.6. The van der Waals surface area contributed by atoms with E-state index in [1.54, 1.807) is 0 Å². The van der Waals surface area contributed by atoms with Crippen molar-refractivity contribution in [2.45, 2.75) is 31.9 Å². The third kappa shape index (κ3) is 4.93. The number of carbonyl (C=O) groups excluding carboxylic acids is 1. The van der Waals surface area contributed by atoms with Crippen molar-refractivity contribution in [1.29, 1.82) is 0 Å². The first-order chi connectivity index (χ1) is 8.24. The van der Waals surface area contributed by atoms with Crippen LogP contribution in [-0.4, -0.2) is 44.0 Å². The summed E-state index contributed by atoms with van der Waals surface area (Å²) < 4.78 is 60.5. The molecule has 1 saturated heterocycles. The highest BCUT2D eigenvalue weighted by Gasteiger charge is 2.31. The van der Waals surface area contributed by atoms with Crippen molar-refractivity contribution in [1.82, 2.24) is 4.31 Å². The highest BCUT2D eigenvalue weighted by Crippen LogP contribution is 2.23. The van der Waals surface area contributed by atoms with Crippen LogP contribution in [0.15, 0.2) is 0 Å². The van der Waals surface area contributed by atoms with E-state index in [2.05, 4.69) is 0 Å². The summed E-state index contributed by atoms with van der Waals surface area (Å²) in [6.45, 7) is 0.385. The molecule has 0 saturated carbocycles. The third-order valence-electron chi connectivity index (χ3n) is 2.87. The van der Waals surface area contributed by atoms with Gasteiger partial charge >= 0.3 is 6.18 Å². The van der Waals surface area contributed by atoms with E-state index in [4.69, 9.17) is 0 Å². The molecule has 0 spiro atoms. The Kier molecular flexibility index (Phi) is 5.15. The first kappa shape index (κ1) is 15.4. The molecule has 106 valence electrons. The maximum atomic E-state index is 11.9. The summed E-state index contributed by atoms with van der Waals surface area (Å²) in [5, 5.41) is 0. The molecule has 1 fully saturated rings. The summed E-state index contributed by atoms with van der Waals surface area (Å²) in [7, 11) is -3.67. The Hall–Kier alpha value is -0.630. The molecule has 0 aliphatic carbocycles. The number of hydrogen-bond donors (Lipinski definition) is 0. The van der Waals surface area contributed by atoms with Crippen LogP contribution < -0.4 is 0 Å². The normalized spacial score (nSPS) is 22.9. The molecule has 0 N–H and O–H groups in total. The van der Waals surface area contributed by atoms with Gasteiger partial charge in [-0.3, -0.25) is 0 Å². The van der Waals surface area contributed by atoms with E-state index in [9.17, 15) is 26.4 Å². The topological polar surface area (TPSA) is 54.5 Å². The van der Waals surface area contributed by atoms with Gasteiger partial charge in [0.15, 0.2) is 0 Å². The van der Waals surface area contributed by atoms with E-state index in [-0.39, 0.29) is 12.5 Å². The number of alkyl halides is 3. The van der Waals surface area contributed by atoms with Gasteiger partial charge < -0.3 is 4.79 Å². The molecule has 0 aromatic heterocycles. The van der Waals surface area contributed by atoms with Crippen LogP contribution in [-0.2, 0) is 14.8 Å². The van der Waals surface area contributed by atoms with Gasteiger partial charge in [0.1, 0.15) is 6.29 Å². The van der Waals surface area contributed by atoms with E-state index in [0.29, 0.717) is 25.7 Å². The zero-order chi connectivity index (χ0) is 13.8. The molecule has 0 bridgehead atoms. The fourth-order valence-corrected chi connectivity index (χ4v) is 3.52. The highest BCUT2D eigenvalue weighted by molar-refractivity contribution is 7.89. The molecule has 0 amide bonds. The number of aldehydes is 1. The summed E-state index contributed by atoms with van der Waals surface area (Å²) >= 11 is 0. The van der Waals surface area contributed by atoms with Gasteiger partial charge in [-0.1, -0.05) is 0 Å². The van der Waals surface area contributed by atoms with E-state index in [0.717, 1.165) is 4.31 Å². The molecule has 1 unspecified atom stereocenters. The first-order valence-electron chi connectivity index (χ1n) is 5.74. The van der Waals surface area contributed by atoms with Gasteiger partial charge in [-0.15, -0.1) is 0 Å². The summed E-state index contributed by atoms with van der Waals surface area (Å²) in [6.07, 6.45) is -3.95. The molecular weight excluding hydrogens is 271 g/mol. The van der Waals surface area contributed by atoms with Crippen LogP contribution in [0.1, 0.15) is 25.7 Å². The number of sulfonamides is 1. The van der Waals surface area contributed by atoms with Crippen LogP contribution in [0.3, 0.4) is 0 Å². The number of hydrogen-bond acceptors (Lipinski definition) is 3. The zero-order valence-electron chi connectivity index (χ0n) is 9.82. The lowest BCUT2D eigenvalue weighted by Crippen LogP contribution is -2.41. The molecule has 4 nitrogen and oxygen atoms in total.